The summed E-state index contributed by atoms with van der Waals surface area (Å²) in [5, 5.41) is 1.33. The fourth-order valence-corrected chi connectivity index (χ4v) is 2.16. The average molecular weight is 288 g/mol. The molecule has 0 fully saturated rings. The van der Waals surface area contributed by atoms with E-state index in [1.54, 1.807) is 30.3 Å². The maximum Gasteiger partial charge on any atom is 0.190 e. The van der Waals surface area contributed by atoms with E-state index in [2.05, 4.69) is 0 Å². The van der Waals surface area contributed by atoms with Gasteiger partial charge in [0.15, 0.2) is 23.0 Å². The summed E-state index contributed by atoms with van der Waals surface area (Å²) in [6.45, 7) is 0. The van der Waals surface area contributed by atoms with E-state index in [-0.39, 0.29) is 0 Å². The number of hydrogen-bond acceptors (Lipinski definition) is 2. The molecule has 2 nitrogen and oxygen atoms in total. The van der Waals surface area contributed by atoms with E-state index in [9.17, 15) is 0 Å². The SMILES string of the molecule is Clc1cccc2c1Oc1c(Cl)ccc(Cl)c1O2. The van der Waals surface area contributed by atoms with Crippen molar-refractivity contribution in [1.29, 1.82) is 0 Å². The summed E-state index contributed by atoms with van der Waals surface area (Å²) in [5.41, 5.74) is 0. The third kappa shape index (κ3) is 1.73. The summed E-state index contributed by atoms with van der Waals surface area (Å²) in [4.78, 5) is 0. The molecule has 0 radical (unpaired) electrons. The van der Waals surface area contributed by atoms with Gasteiger partial charge in [0.25, 0.3) is 0 Å². The molecule has 0 saturated heterocycles. The van der Waals surface area contributed by atoms with E-state index >= 15 is 0 Å². The Balaban J connectivity index is 2.21. The van der Waals surface area contributed by atoms with Crippen molar-refractivity contribution in [2.75, 3.05) is 0 Å². The zero-order valence-corrected chi connectivity index (χ0v) is 10.6. The second kappa shape index (κ2) is 3.98. The number of benzene rings is 2. The molecule has 86 valence electrons. The van der Waals surface area contributed by atoms with Crippen LogP contribution in [0, 0.1) is 0 Å². The molecule has 5 heteroatoms. The lowest BCUT2D eigenvalue weighted by Crippen LogP contribution is -2.00. The van der Waals surface area contributed by atoms with Gasteiger partial charge in [0.1, 0.15) is 0 Å². The van der Waals surface area contributed by atoms with Crippen LogP contribution in [0.5, 0.6) is 23.0 Å². The molecule has 17 heavy (non-hydrogen) atoms. The van der Waals surface area contributed by atoms with Gasteiger partial charge < -0.3 is 9.47 Å². The first-order chi connectivity index (χ1) is 8.16. The maximum atomic E-state index is 6.03. The standard InChI is InChI=1S/C12H5Cl3O2/c13-6-2-1-3-9-10(6)17-12-8(15)5-4-7(14)11(12)16-9/h1-5H. The number of halogens is 3. The molecular weight excluding hydrogens is 282 g/mol. The van der Waals surface area contributed by atoms with Crippen LogP contribution in [0.4, 0.5) is 0 Å². The first kappa shape index (κ1) is 11.0. The molecule has 1 heterocycles. The number of ether oxygens (including phenoxy) is 2. The highest BCUT2D eigenvalue weighted by molar-refractivity contribution is 6.36. The van der Waals surface area contributed by atoms with Crippen molar-refractivity contribution < 1.29 is 9.47 Å². The van der Waals surface area contributed by atoms with Crippen LogP contribution in [0.2, 0.25) is 15.1 Å². The van der Waals surface area contributed by atoms with Gasteiger partial charge in [-0.05, 0) is 24.3 Å². The van der Waals surface area contributed by atoms with Crippen molar-refractivity contribution in [3.8, 4) is 23.0 Å². The van der Waals surface area contributed by atoms with Crippen molar-refractivity contribution in [3.05, 3.63) is 45.4 Å². The highest BCUT2D eigenvalue weighted by Crippen LogP contribution is 2.53. The highest BCUT2D eigenvalue weighted by Gasteiger charge is 2.25. The zero-order valence-electron chi connectivity index (χ0n) is 8.34. The zero-order chi connectivity index (χ0) is 12.0. The largest absolute Gasteiger partial charge is 0.448 e. The van der Waals surface area contributed by atoms with Gasteiger partial charge in [-0.1, -0.05) is 40.9 Å². The van der Waals surface area contributed by atoms with Crippen LogP contribution in [-0.2, 0) is 0 Å². The topological polar surface area (TPSA) is 18.5 Å². The summed E-state index contributed by atoms with van der Waals surface area (Å²) < 4.78 is 11.3. The number of hydrogen-bond donors (Lipinski definition) is 0. The first-order valence-corrected chi connectivity index (χ1v) is 5.92. The lowest BCUT2D eigenvalue weighted by molar-refractivity contribution is 0.360. The molecule has 2 aromatic rings. The van der Waals surface area contributed by atoms with Crippen LogP contribution >= 0.6 is 34.8 Å². The summed E-state index contributed by atoms with van der Waals surface area (Å²) in [6, 6.07) is 8.54. The summed E-state index contributed by atoms with van der Waals surface area (Å²) in [5.74, 6) is 1.77. The second-order valence-corrected chi connectivity index (χ2v) is 4.68. The van der Waals surface area contributed by atoms with Crippen LogP contribution in [0.25, 0.3) is 0 Å². The molecule has 0 saturated carbocycles. The monoisotopic (exact) mass is 286 g/mol. The number of para-hydroxylation sites is 1. The summed E-state index contributed by atoms with van der Waals surface area (Å²) in [6.07, 6.45) is 0. The molecular formula is C12H5Cl3O2. The van der Waals surface area contributed by atoms with Crippen molar-refractivity contribution in [1.82, 2.24) is 0 Å². The molecule has 0 aliphatic carbocycles. The normalized spacial score (nSPS) is 12.2. The van der Waals surface area contributed by atoms with E-state index in [4.69, 9.17) is 44.3 Å². The second-order valence-electron chi connectivity index (χ2n) is 3.46. The lowest BCUT2D eigenvalue weighted by Gasteiger charge is -2.22. The highest BCUT2D eigenvalue weighted by atomic mass is 35.5. The quantitative estimate of drug-likeness (QED) is 0.540. The Labute approximate surface area is 113 Å². The number of fused-ring (bicyclic) bond motifs is 2. The van der Waals surface area contributed by atoms with Gasteiger partial charge in [0, 0.05) is 0 Å². The van der Waals surface area contributed by atoms with Gasteiger partial charge in [-0.25, -0.2) is 0 Å². The molecule has 1 aliphatic rings. The molecule has 0 spiro atoms. The fourth-order valence-electron chi connectivity index (χ4n) is 1.59. The molecule has 0 unspecified atom stereocenters. The Morgan fingerprint density at radius 1 is 0.647 bits per heavy atom. The third-order valence-corrected chi connectivity index (χ3v) is 3.26. The van der Waals surface area contributed by atoms with E-state index in [0.29, 0.717) is 38.1 Å². The maximum absolute atomic E-state index is 6.03. The molecule has 0 aromatic heterocycles. The molecule has 2 aromatic carbocycles. The van der Waals surface area contributed by atoms with Gasteiger partial charge >= 0.3 is 0 Å². The lowest BCUT2D eigenvalue weighted by atomic mass is 10.2. The van der Waals surface area contributed by atoms with Crippen molar-refractivity contribution >= 4 is 34.8 Å². The van der Waals surface area contributed by atoms with Crippen LogP contribution in [-0.4, -0.2) is 0 Å². The Morgan fingerprint density at radius 2 is 1.24 bits per heavy atom. The fraction of sp³-hybridized carbons (Fsp3) is 0. The van der Waals surface area contributed by atoms with E-state index in [0.717, 1.165) is 0 Å². The predicted octanol–water partition coefficient (Wildman–Crippen LogP) is 5.54. The Hall–Kier alpha value is -1.09. The molecule has 3 rings (SSSR count). The smallest absolute Gasteiger partial charge is 0.190 e. The van der Waals surface area contributed by atoms with Crippen LogP contribution in [0.3, 0.4) is 0 Å². The van der Waals surface area contributed by atoms with E-state index < -0.39 is 0 Å². The van der Waals surface area contributed by atoms with Crippen LogP contribution < -0.4 is 9.47 Å². The molecule has 0 N–H and O–H groups in total. The van der Waals surface area contributed by atoms with Crippen molar-refractivity contribution in [2.24, 2.45) is 0 Å². The first-order valence-electron chi connectivity index (χ1n) is 4.79. The van der Waals surface area contributed by atoms with E-state index in [1.807, 2.05) is 0 Å². The Kier molecular flexibility index (Phi) is 2.58. The Morgan fingerprint density at radius 3 is 1.94 bits per heavy atom. The van der Waals surface area contributed by atoms with Crippen molar-refractivity contribution in [3.63, 3.8) is 0 Å². The van der Waals surface area contributed by atoms with Crippen LogP contribution in [0.1, 0.15) is 0 Å². The van der Waals surface area contributed by atoms with Gasteiger partial charge in [-0.2, -0.15) is 0 Å². The van der Waals surface area contributed by atoms with Gasteiger partial charge in [0.05, 0.1) is 15.1 Å². The van der Waals surface area contributed by atoms with Crippen LogP contribution in [0.15, 0.2) is 30.3 Å². The van der Waals surface area contributed by atoms with E-state index in [1.165, 1.54) is 0 Å². The minimum absolute atomic E-state index is 0.389. The van der Waals surface area contributed by atoms with Gasteiger partial charge in [0.2, 0.25) is 0 Å². The van der Waals surface area contributed by atoms with Gasteiger partial charge in [-0.3, -0.25) is 0 Å². The third-order valence-electron chi connectivity index (χ3n) is 2.36. The minimum atomic E-state index is 0.389. The predicted molar refractivity (Wildman–Crippen MR) is 68.1 cm³/mol. The molecule has 0 atom stereocenters. The van der Waals surface area contributed by atoms with Gasteiger partial charge in [-0.15, -0.1) is 0 Å². The number of rotatable bonds is 0. The molecule has 0 amide bonds. The molecule has 0 bridgehead atoms. The minimum Gasteiger partial charge on any atom is -0.448 e. The summed E-state index contributed by atoms with van der Waals surface area (Å²) >= 11 is 18.1. The molecule has 1 aliphatic heterocycles. The summed E-state index contributed by atoms with van der Waals surface area (Å²) in [7, 11) is 0. The van der Waals surface area contributed by atoms with Crippen molar-refractivity contribution in [2.45, 2.75) is 0 Å². The average Bonchev–Trinajstić information content (AvgIpc) is 2.33. The Bertz CT molecular complexity index is 611.